The summed E-state index contributed by atoms with van der Waals surface area (Å²) >= 11 is 0. The Kier molecular flexibility index (Phi) is 17.8. The molecule has 3 nitrogen and oxygen atoms in total. The summed E-state index contributed by atoms with van der Waals surface area (Å²) in [7, 11) is 0. The lowest BCUT2D eigenvalue weighted by Crippen LogP contribution is -2.20. The normalized spacial score (nSPS) is 17.1. The highest BCUT2D eigenvalue weighted by atomic mass is 16.5. The third-order valence-electron chi connectivity index (χ3n) is 9.23. The second-order valence-corrected chi connectivity index (χ2v) is 12.9. The van der Waals surface area contributed by atoms with E-state index in [1.807, 2.05) is 0 Å². The number of benzene rings is 1. The van der Waals surface area contributed by atoms with E-state index in [9.17, 15) is 0 Å². The van der Waals surface area contributed by atoms with Crippen molar-refractivity contribution in [3.8, 4) is 5.75 Å². The van der Waals surface area contributed by atoms with Gasteiger partial charge in [0.05, 0.1) is 6.61 Å². The molecular formula is C38H62N2O. The molecule has 1 saturated carbocycles. The predicted octanol–water partition coefficient (Wildman–Crippen LogP) is 11.6. The van der Waals surface area contributed by atoms with Gasteiger partial charge in [-0.25, -0.2) is 9.97 Å². The van der Waals surface area contributed by atoms with Crippen molar-refractivity contribution in [2.75, 3.05) is 6.61 Å². The number of ether oxygens (including phenoxy) is 1. The van der Waals surface area contributed by atoms with Gasteiger partial charge in [-0.1, -0.05) is 122 Å². The lowest BCUT2D eigenvalue weighted by atomic mass is 9.82. The first-order valence-electron chi connectivity index (χ1n) is 17.8. The van der Waals surface area contributed by atoms with Crippen molar-refractivity contribution >= 4 is 0 Å². The van der Waals surface area contributed by atoms with Crippen LogP contribution in [0.4, 0.5) is 0 Å². The van der Waals surface area contributed by atoms with Crippen LogP contribution in [-0.2, 0) is 12.8 Å². The SMILES string of the molecule is CCCCCCCCCCCCc1cnc(C2CCC(COc3ccc(CCCCCCCCC)cc3)CC2)nc1. The molecule has 0 bridgehead atoms. The van der Waals surface area contributed by atoms with Gasteiger partial charge in [-0.05, 0) is 80.5 Å². The second-order valence-electron chi connectivity index (χ2n) is 12.9. The van der Waals surface area contributed by atoms with Crippen molar-refractivity contribution < 1.29 is 4.74 Å². The van der Waals surface area contributed by atoms with E-state index in [4.69, 9.17) is 14.7 Å². The maximum Gasteiger partial charge on any atom is 0.131 e. The molecule has 1 aliphatic rings. The number of aromatic nitrogens is 2. The molecule has 0 atom stereocenters. The van der Waals surface area contributed by atoms with Gasteiger partial charge in [0.2, 0.25) is 0 Å². The fourth-order valence-electron chi connectivity index (χ4n) is 6.36. The minimum Gasteiger partial charge on any atom is -0.493 e. The lowest BCUT2D eigenvalue weighted by molar-refractivity contribution is 0.198. The van der Waals surface area contributed by atoms with Gasteiger partial charge in [-0.3, -0.25) is 0 Å². The minimum atomic E-state index is 0.517. The van der Waals surface area contributed by atoms with Crippen LogP contribution in [0.15, 0.2) is 36.7 Å². The fraction of sp³-hybridized carbons (Fsp3) is 0.737. The van der Waals surface area contributed by atoms with Crippen LogP contribution in [-0.4, -0.2) is 16.6 Å². The molecule has 2 aromatic rings. The van der Waals surface area contributed by atoms with Gasteiger partial charge >= 0.3 is 0 Å². The number of hydrogen-bond acceptors (Lipinski definition) is 3. The molecule has 0 aliphatic heterocycles. The van der Waals surface area contributed by atoms with Crippen molar-refractivity contribution in [2.45, 2.75) is 167 Å². The quantitative estimate of drug-likeness (QED) is 0.126. The third kappa shape index (κ3) is 14.7. The van der Waals surface area contributed by atoms with Crippen LogP contribution in [0.5, 0.6) is 5.75 Å². The number of aryl methyl sites for hydroxylation is 2. The van der Waals surface area contributed by atoms with Gasteiger partial charge in [0, 0.05) is 18.3 Å². The minimum absolute atomic E-state index is 0.517. The molecule has 0 saturated heterocycles. The summed E-state index contributed by atoms with van der Waals surface area (Å²) in [5, 5.41) is 0. The van der Waals surface area contributed by atoms with E-state index in [1.165, 1.54) is 152 Å². The van der Waals surface area contributed by atoms with Crippen molar-refractivity contribution in [3.63, 3.8) is 0 Å². The first-order chi connectivity index (χ1) is 20.3. The van der Waals surface area contributed by atoms with Gasteiger partial charge in [-0.15, -0.1) is 0 Å². The van der Waals surface area contributed by atoms with Crippen LogP contribution in [0.1, 0.15) is 172 Å². The van der Waals surface area contributed by atoms with Crippen molar-refractivity contribution in [3.05, 3.63) is 53.6 Å². The third-order valence-corrected chi connectivity index (χ3v) is 9.23. The Morgan fingerprint density at radius 2 is 1.02 bits per heavy atom. The molecule has 1 aromatic heterocycles. The van der Waals surface area contributed by atoms with E-state index in [1.54, 1.807) is 0 Å². The number of nitrogens with zero attached hydrogens (tertiary/aromatic N) is 2. The molecular weight excluding hydrogens is 500 g/mol. The molecule has 0 N–H and O–H groups in total. The Bertz CT molecular complexity index is 870. The highest BCUT2D eigenvalue weighted by Gasteiger charge is 2.24. The smallest absolute Gasteiger partial charge is 0.131 e. The highest BCUT2D eigenvalue weighted by molar-refractivity contribution is 5.27. The molecule has 0 amide bonds. The molecule has 1 aliphatic carbocycles. The largest absolute Gasteiger partial charge is 0.493 e. The van der Waals surface area contributed by atoms with Gasteiger partial charge in [-0.2, -0.15) is 0 Å². The zero-order valence-electron chi connectivity index (χ0n) is 26.9. The van der Waals surface area contributed by atoms with Gasteiger partial charge in [0.1, 0.15) is 11.6 Å². The van der Waals surface area contributed by atoms with E-state index < -0.39 is 0 Å². The highest BCUT2D eigenvalue weighted by Crippen LogP contribution is 2.34. The monoisotopic (exact) mass is 562 g/mol. The Balaban J connectivity index is 1.22. The second kappa shape index (κ2) is 21.8. The summed E-state index contributed by atoms with van der Waals surface area (Å²) in [5.74, 6) is 3.25. The fourth-order valence-corrected chi connectivity index (χ4v) is 6.36. The molecule has 0 spiro atoms. The van der Waals surface area contributed by atoms with E-state index in [0.717, 1.165) is 24.6 Å². The lowest BCUT2D eigenvalue weighted by Gasteiger charge is -2.27. The first-order valence-corrected chi connectivity index (χ1v) is 17.8. The molecule has 3 heteroatoms. The van der Waals surface area contributed by atoms with E-state index in [0.29, 0.717) is 11.8 Å². The summed E-state index contributed by atoms with van der Waals surface area (Å²) in [4.78, 5) is 9.59. The molecule has 0 radical (unpaired) electrons. The van der Waals surface area contributed by atoms with E-state index in [2.05, 4.69) is 50.5 Å². The van der Waals surface area contributed by atoms with Gasteiger partial charge in [0.25, 0.3) is 0 Å². The Labute approximate surface area is 253 Å². The standard InChI is InChI=1S/C38H62N2O/c1-3-5-7-9-11-12-13-15-17-19-21-35-30-39-38(40-31-35)36-26-22-34(23-27-36)32-41-37-28-24-33(25-29-37)20-18-16-14-10-8-6-4-2/h24-25,28-31,34,36H,3-23,26-27,32H2,1-2H3. The average molecular weight is 563 g/mol. The summed E-state index contributed by atoms with van der Waals surface area (Å²) in [6.07, 6.45) is 34.8. The van der Waals surface area contributed by atoms with Crippen LogP contribution in [0.2, 0.25) is 0 Å². The van der Waals surface area contributed by atoms with E-state index in [-0.39, 0.29) is 0 Å². The zero-order valence-corrected chi connectivity index (χ0v) is 26.9. The van der Waals surface area contributed by atoms with Gasteiger partial charge < -0.3 is 4.74 Å². The summed E-state index contributed by atoms with van der Waals surface area (Å²) in [6, 6.07) is 8.88. The van der Waals surface area contributed by atoms with Crippen molar-refractivity contribution in [1.82, 2.24) is 9.97 Å². The molecule has 41 heavy (non-hydrogen) atoms. The average Bonchev–Trinajstić information content (AvgIpc) is 3.02. The van der Waals surface area contributed by atoms with Crippen molar-refractivity contribution in [1.29, 1.82) is 0 Å². The molecule has 1 fully saturated rings. The molecule has 1 heterocycles. The van der Waals surface area contributed by atoms with Crippen LogP contribution in [0, 0.1) is 5.92 Å². The summed E-state index contributed by atoms with van der Waals surface area (Å²) in [5.41, 5.74) is 2.75. The summed E-state index contributed by atoms with van der Waals surface area (Å²) in [6.45, 7) is 5.41. The Hall–Kier alpha value is -1.90. The molecule has 0 unspecified atom stereocenters. The van der Waals surface area contributed by atoms with Crippen LogP contribution in [0.25, 0.3) is 0 Å². The van der Waals surface area contributed by atoms with E-state index >= 15 is 0 Å². The zero-order chi connectivity index (χ0) is 28.8. The summed E-state index contributed by atoms with van der Waals surface area (Å²) < 4.78 is 6.19. The van der Waals surface area contributed by atoms with Gasteiger partial charge in [0.15, 0.2) is 0 Å². The number of hydrogen-bond donors (Lipinski definition) is 0. The maximum absolute atomic E-state index is 6.19. The first kappa shape index (κ1) is 33.6. The van der Waals surface area contributed by atoms with Crippen molar-refractivity contribution in [2.24, 2.45) is 5.92 Å². The number of rotatable bonds is 23. The Morgan fingerprint density at radius 1 is 0.561 bits per heavy atom. The van der Waals surface area contributed by atoms with Crippen LogP contribution < -0.4 is 4.74 Å². The van der Waals surface area contributed by atoms with Crippen LogP contribution in [0.3, 0.4) is 0 Å². The number of unbranched alkanes of at least 4 members (excludes halogenated alkanes) is 15. The maximum atomic E-state index is 6.19. The molecule has 230 valence electrons. The Morgan fingerprint density at radius 3 is 1.54 bits per heavy atom. The van der Waals surface area contributed by atoms with Crippen LogP contribution >= 0.6 is 0 Å². The molecule has 3 rings (SSSR count). The topological polar surface area (TPSA) is 35.0 Å². The predicted molar refractivity (Wildman–Crippen MR) is 176 cm³/mol. The molecule has 1 aromatic carbocycles.